The van der Waals surface area contributed by atoms with Gasteiger partial charge in [0.25, 0.3) is 11.8 Å². The van der Waals surface area contributed by atoms with Crippen LogP contribution in [0.2, 0.25) is 0 Å². The average Bonchev–Trinajstić information content (AvgIpc) is 3.53. The van der Waals surface area contributed by atoms with E-state index in [9.17, 15) is 28.0 Å². The van der Waals surface area contributed by atoms with E-state index in [1.807, 2.05) is 10.9 Å². The Morgan fingerprint density at radius 2 is 1.38 bits per heavy atom. The Balaban J connectivity index is 1.65. The van der Waals surface area contributed by atoms with Gasteiger partial charge in [-0.1, -0.05) is 0 Å². The van der Waals surface area contributed by atoms with Crippen LogP contribution in [0.25, 0.3) is 0 Å². The first-order chi connectivity index (χ1) is 13.8. The second-order valence-corrected chi connectivity index (χ2v) is 6.33. The third-order valence-corrected chi connectivity index (χ3v) is 4.20. The standard InChI is InChI=1S/C19H15F2N3O5/c20-12-7-8-13(21)15(19(28)29)14(12)18(27)24-23-17(26)10-3-5-11(6-4-10)22-16(25)9-1-2-9/h3-9H,1-2H2,(H,22,25)(H,23,26)(H,24,27)(H,28,29). The SMILES string of the molecule is O=C(NNC(=O)c1c(F)ccc(F)c1C(=O)O)c1ccc(NC(=O)C2CC2)cc1. The van der Waals surface area contributed by atoms with Crippen LogP contribution >= 0.6 is 0 Å². The number of hydrazine groups is 1. The molecule has 2 aromatic carbocycles. The van der Waals surface area contributed by atoms with Crippen molar-refractivity contribution in [2.24, 2.45) is 5.92 Å². The first-order valence-corrected chi connectivity index (χ1v) is 8.51. The topological polar surface area (TPSA) is 125 Å². The zero-order valence-corrected chi connectivity index (χ0v) is 14.8. The molecule has 0 radical (unpaired) electrons. The van der Waals surface area contributed by atoms with E-state index in [0.717, 1.165) is 12.8 Å². The number of aromatic carboxylic acids is 1. The van der Waals surface area contributed by atoms with E-state index in [1.54, 1.807) is 0 Å². The van der Waals surface area contributed by atoms with Gasteiger partial charge < -0.3 is 10.4 Å². The molecule has 10 heteroatoms. The fourth-order valence-corrected chi connectivity index (χ4v) is 2.53. The molecule has 0 saturated heterocycles. The van der Waals surface area contributed by atoms with Gasteiger partial charge in [0.1, 0.15) is 17.2 Å². The van der Waals surface area contributed by atoms with Gasteiger partial charge in [0.05, 0.1) is 5.56 Å². The second kappa shape index (κ2) is 8.05. The van der Waals surface area contributed by atoms with Gasteiger partial charge in [0, 0.05) is 17.2 Å². The van der Waals surface area contributed by atoms with Crippen molar-refractivity contribution < 1.29 is 33.1 Å². The zero-order valence-electron chi connectivity index (χ0n) is 14.8. The Bertz CT molecular complexity index is 1000. The fourth-order valence-electron chi connectivity index (χ4n) is 2.53. The fraction of sp³-hybridized carbons (Fsp3) is 0.158. The van der Waals surface area contributed by atoms with Crippen molar-refractivity contribution in [3.63, 3.8) is 0 Å². The molecule has 150 valence electrons. The van der Waals surface area contributed by atoms with Crippen LogP contribution in [-0.4, -0.2) is 28.8 Å². The van der Waals surface area contributed by atoms with Crippen LogP contribution in [-0.2, 0) is 4.79 Å². The van der Waals surface area contributed by atoms with Crippen molar-refractivity contribution in [1.82, 2.24) is 10.9 Å². The predicted octanol–water partition coefficient (Wildman–Crippen LogP) is 2.09. The van der Waals surface area contributed by atoms with Crippen molar-refractivity contribution in [3.8, 4) is 0 Å². The number of amides is 3. The van der Waals surface area contributed by atoms with Gasteiger partial charge in [-0.2, -0.15) is 0 Å². The van der Waals surface area contributed by atoms with Gasteiger partial charge in [0.15, 0.2) is 0 Å². The van der Waals surface area contributed by atoms with E-state index in [1.165, 1.54) is 24.3 Å². The molecule has 3 rings (SSSR count). The Morgan fingerprint density at radius 1 is 0.828 bits per heavy atom. The van der Waals surface area contributed by atoms with Crippen LogP contribution in [0.4, 0.5) is 14.5 Å². The Labute approximate surface area is 162 Å². The number of anilines is 1. The lowest BCUT2D eigenvalue weighted by atomic mass is 10.1. The molecule has 0 bridgehead atoms. The molecule has 1 saturated carbocycles. The highest BCUT2D eigenvalue weighted by Gasteiger charge is 2.29. The van der Waals surface area contributed by atoms with E-state index < -0.39 is 40.5 Å². The summed E-state index contributed by atoms with van der Waals surface area (Å²) in [6, 6.07) is 6.94. The summed E-state index contributed by atoms with van der Waals surface area (Å²) in [5.41, 5.74) is 2.25. The minimum Gasteiger partial charge on any atom is -0.478 e. The maximum absolute atomic E-state index is 13.9. The molecule has 29 heavy (non-hydrogen) atoms. The molecule has 0 aromatic heterocycles. The number of rotatable bonds is 5. The van der Waals surface area contributed by atoms with Crippen LogP contribution in [0.1, 0.15) is 43.9 Å². The number of carboxylic acid groups (broad SMARTS) is 1. The highest BCUT2D eigenvalue weighted by molar-refractivity contribution is 6.06. The van der Waals surface area contributed by atoms with Crippen LogP contribution in [0.15, 0.2) is 36.4 Å². The van der Waals surface area contributed by atoms with Crippen LogP contribution in [0.5, 0.6) is 0 Å². The summed E-state index contributed by atoms with van der Waals surface area (Å²) in [7, 11) is 0. The minimum atomic E-state index is -1.83. The molecule has 1 aliphatic rings. The second-order valence-electron chi connectivity index (χ2n) is 6.33. The number of hydrogen-bond acceptors (Lipinski definition) is 4. The number of nitrogens with one attached hydrogen (secondary N) is 3. The number of hydrogen-bond donors (Lipinski definition) is 4. The Morgan fingerprint density at radius 3 is 1.93 bits per heavy atom. The monoisotopic (exact) mass is 403 g/mol. The van der Waals surface area contributed by atoms with Gasteiger partial charge in [-0.3, -0.25) is 25.2 Å². The van der Waals surface area contributed by atoms with Crippen molar-refractivity contribution in [1.29, 1.82) is 0 Å². The van der Waals surface area contributed by atoms with E-state index in [-0.39, 0.29) is 17.4 Å². The molecule has 0 heterocycles. The summed E-state index contributed by atoms with van der Waals surface area (Å²) in [4.78, 5) is 47.0. The van der Waals surface area contributed by atoms with Gasteiger partial charge in [-0.25, -0.2) is 13.6 Å². The predicted molar refractivity (Wildman–Crippen MR) is 96.0 cm³/mol. The van der Waals surface area contributed by atoms with E-state index in [4.69, 9.17) is 5.11 Å². The van der Waals surface area contributed by atoms with E-state index >= 15 is 0 Å². The van der Waals surface area contributed by atoms with Crippen LogP contribution < -0.4 is 16.2 Å². The summed E-state index contributed by atoms with van der Waals surface area (Å²) < 4.78 is 27.5. The lowest BCUT2D eigenvalue weighted by Crippen LogP contribution is -2.42. The number of carbonyl (C=O) groups excluding carboxylic acids is 3. The van der Waals surface area contributed by atoms with Crippen LogP contribution in [0.3, 0.4) is 0 Å². The summed E-state index contributed by atoms with van der Waals surface area (Å²) in [5.74, 6) is -6.58. The van der Waals surface area contributed by atoms with Crippen LogP contribution in [0, 0.1) is 17.6 Å². The molecule has 4 N–H and O–H groups in total. The summed E-state index contributed by atoms with van der Waals surface area (Å²) >= 11 is 0. The van der Waals surface area contributed by atoms with Gasteiger partial charge in [-0.15, -0.1) is 0 Å². The maximum atomic E-state index is 13.9. The Kier molecular flexibility index (Phi) is 5.53. The third kappa shape index (κ3) is 4.54. The van der Waals surface area contributed by atoms with Crippen molar-refractivity contribution >= 4 is 29.4 Å². The van der Waals surface area contributed by atoms with Crippen molar-refractivity contribution in [2.75, 3.05) is 5.32 Å². The quantitative estimate of drug-likeness (QED) is 0.569. The normalized spacial score (nSPS) is 12.8. The van der Waals surface area contributed by atoms with E-state index in [0.29, 0.717) is 17.8 Å². The minimum absolute atomic E-state index is 0.0205. The van der Waals surface area contributed by atoms with Gasteiger partial charge >= 0.3 is 5.97 Å². The molecule has 3 amide bonds. The van der Waals surface area contributed by atoms with Crippen molar-refractivity contribution in [2.45, 2.75) is 12.8 Å². The van der Waals surface area contributed by atoms with E-state index in [2.05, 4.69) is 5.32 Å². The number of halogens is 2. The molecule has 8 nitrogen and oxygen atoms in total. The zero-order chi connectivity index (χ0) is 21.1. The molecule has 1 fully saturated rings. The van der Waals surface area contributed by atoms with Gasteiger partial charge in [0.2, 0.25) is 5.91 Å². The number of carbonyl (C=O) groups is 4. The first-order valence-electron chi connectivity index (χ1n) is 8.51. The molecule has 0 spiro atoms. The lowest BCUT2D eigenvalue weighted by molar-refractivity contribution is -0.117. The Hall–Kier alpha value is -3.82. The third-order valence-electron chi connectivity index (χ3n) is 4.20. The number of carboxylic acids is 1. The smallest absolute Gasteiger partial charge is 0.339 e. The molecule has 0 unspecified atom stereocenters. The van der Waals surface area contributed by atoms with Gasteiger partial charge in [-0.05, 0) is 49.2 Å². The lowest BCUT2D eigenvalue weighted by Gasteiger charge is -2.11. The molecular formula is C19H15F2N3O5. The molecule has 1 aliphatic carbocycles. The highest BCUT2D eigenvalue weighted by atomic mass is 19.1. The van der Waals surface area contributed by atoms with Crippen molar-refractivity contribution in [3.05, 3.63) is 64.7 Å². The first kappa shape index (κ1) is 19.9. The molecule has 0 aliphatic heterocycles. The maximum Gasteiger partial charge on any atom is 0.339 e. The molecular weight excluding hydrogens is 388 g/mol. The summed E-state index contributed by atoms with van der Waals surface area (Å²) in [6.45, 7) is 0. The molecule has 2 aromatic rings. The average molecular weight is 403 g/mol. The number of benzene rings is 2. The summed E-state index contributed by atoms with van der Waals surface area (Å²) in [6.07, 6.45) is 1.70. The highest BCUT2D eigenvalue weighted by Crippen LogP contribution is 2.30. The largest absolute Gasteiger partial charge is 0.478 e. The molecule has 0 atom stereocenters. The summed E-state index contributed by atoms with van der Waals surface area (Å²) in [5, 5.41) is 11.7.